The Morgan fingerprint density at radius 1 is 0.667 bits per heavy atom. The topological polar surface area (TPSA) is 60.0 Å². The Labute approximate surface area is 250 Å². The number of carbonyl (C=O) groups excluding carboxylic acids is 2. The lowest BCUT2D eigenvalue weighted by Crippen LogP contribution is -2.54. The maximum atomic E-state index is 13.8. The van der Waals surface area contributed by atoms with E-state index in [1.54, 1.807) is 0 Å². The molecule has 6 rings (SSSR count). The summed E-state index contributed by atoms with van der Waals surface area (Å²) in [4.78, 5) is 40.6. The van der Waals surface area contributed by atoms with Crippen LogP contribution in [0.5, 0.6) is 0 Å². The molecule has 220 valence electrons. The van der Waals surface area contributed by atoms with E-state index in [0.717, 1.165) is 94.3 Å². The molecule has 0 atom stereocenters. The number of piperidine rings is 2. The van der Waals surface area contributed by atoms with Gasteiger partial charge in [0.25, 0.3) is 5.91 Å². The number of benzene rings is 2. The summed E-state index contributed by atoms with van der Waals surface area (Å²) in [5.41, 5.74) is 4.33. The predicted octanol–water partition coefficient (Wildman–Crippen LogP) is 5.04. The summed E-state index contributed by atoms with van der Waals surface area (Å²) in [7, 11) is 0. The number of amides is 2. The summed E-state index contributed by atoms with van der Waals surface area (Å²) in [6.45, 7) is 8.10. The highest BCUT2D eigenvalue weighted by molar-refractivity contribution is 5.96. The van der Waals surface area contributed by atoms with Crippen LogP contribution in [0.3, 0.4) is 0 Å². The number of hydrogen-bond donors (Lipinski definition) is 0. The third-order valence-electron chi connectivity index (χ3n) is 9.24. The number of nitrogens with zero attached hydrogens (tertiary/aromatic N) is 5. The van der Waals surface area contributed by atoms with Crippen LogP contribution >= 0.6 is 0 Å². The molecule has 42 heavy (non-hydrogen) atoms. The Balaban J connectivity index is 1.04. The van der Waals surface area contributed by atoms with Gasteiger partial charge in [-0.15, -0.1) is 0 Å². The number of piperazine rings is 1. The van der Waals surface area contributed by atoms with Crippen molar-refractivity contribution in [3.8, 4) is 22.5 Å². The third-order valence-corrected chi connectivity index (χ3v) is 9.24. The largest absolute Gasteiger partial charge is 0.343 e. The number of likely N-dealkylation sites (tertiary alicyclic amines) is 2. The molecule has 7 nitrogen and oxygen atoms in total. The zero-order chi connectivity index (χ0) is 28.7. The molecular weight excluding hydrogens is 522 g/mol. The molecule has 3 aliphatic heterocycles. The number of carbonyl (C=O) groups is 2. The molecule has 3 saturated heterocycles. The van der Waals surface area contributed by atoms with E-state index < -0.39 is 0 Å². The van der Waals surface area contributed by atoms with Crippen molar-refractivity contribution in [2.24, 2.45) is 0 Å². The standard InChI is InChI=1S/C35H43N5O2/c41-34(16-19-37-17-8-3-9-18-37)39-20-14-31(15-21-39)38-22-24-40(25-23-38)35(42)30-26-32(28-10-4-1-5-11-28)36-33(27-30)29-12-6-2-7-13-29/h1-2,4-7,10-13,26-27,31H,3,8-9,14-25H2. The zero-order valence-corrected chi connectivity index (χ0v) is 24.7. The van der Waals surface area contributed by atoms with E-state index in [0.29, 0.717) is 23.9 Å². The van der Waals surface area contributed by atoms with Crippen LogP contribution < -0.4 is 0 Å². The molecular formula is C35H43N5O2. The summed E-state index contributed by atoms with van der Waals surface area (Å²) in [5, 5.41) is 0. The lowest BCUT2D eigenvalue weighted by atomic mass is 10.0. The van der Waals surface area contributed by atoms with E-state index >= 15 is 0 Å². The molecule has 7 heteroatoms. The molecule has 3 fully saturated rings. The van der Waals surface area contributed by atoms with Crippen molar-refractivity contribution in [3.63, 3.8) is 0 Å². The van der Waals surface area contributed by atoms with Gasteiger partial charge in [0.05, 0.1) is 11.4 Å². The van der Waals surface area contributed by atoms with Gasteiger partial charge in [-0.05, 0) is 50.9 Å². The van der Waals surface area contributed by atoms with Gasteiger partial charge in [0.2, 0.25) is 5.91 Å². The van der Waals surface area contributed by atoms with Crippen molar-refractivity contribution in [1.82, 2.24) is 24.6 Å². The van der Waals surface area contributed by atoms with Crippen molar-refractivity contribution in [1.29, 1.82) is 0 Å². The second-order valence-corrected chi connectivity index (χ2v) is 12.0. The zero-order valence-electron chi connectivity index (χ0n) is 24.7. The average Bonchev–Trinajstić information content (AvgIpc) is 3.08. The molecule has 2 aromatic carbocycles. The van der Waals surface area contributed by atoms with Crippen LogP contribution in [-0.2, 0) is 4.79 Å². The molecule has 0 bridgehead atoms. The first-order valence-corrected chi connectivity index (χ1v) is 15.8. The first-order chi connectivity index (χ1) is 20.6. The molecule has 0 spiro atoms. The number of rotatable bonds is 7. The molecule has 2 amide bonds. The smallest absolute Gasteiger partial charge is 0.254 e. The first-order valence-electron chi connectivity index (χ1n) is 15.8. The highest BCUT2D eigenvalue weighted by Crippen LogP contribution is 2.26. The molecule has 3 aliphatic rings. The normalized spacial score (nSPS) is 19.1. The molecule has 4 heterocycles. The van der Waals surface area contributed by atoms with Crippen LogP contribution in [0.4, 0.5) is 0 Å². The maximum absolute atomic E-state index is 13.8. The molecule has 0 saturated carbocycles. The van der Waals surface area contributed by atoms with Crippen molar-refractivity contribution in [2.45, 2.75) is 44.6 Å². The lowest BCUT2D eigenvalue weighted by molar-refractivity contribution is -0.133. The van der Waals surface area contributed by atoms with Gasteiger partial charge in [0.15, 0.2) is 0 Å². The first kappa shape index (κ1) is 28.6. The van der Waals surface area contributed by atoms with Gasteiger partial charge in [0, 0.05) is 75.0 Å². The molecule has 0 unspecified atom stereocenters. The van der Waals surface area contributed by atoms with Crippen LogP contribution in [0.2, 0.25) is 0 Å². The highest BCUT2D eigenvalue weighted by Gasteiger charge is 2.31. The predicted molar refractivity (Wildman–Crippen MR) is 167 cm³/mol. The lowest BCUT2D eigenvalue weighted by Gasteiger charge is -2.43. The van der Waals surface area contributed by atoms with Crippen LogP contribution in [0, 0.1) is 0 Å². The average molecular weight is 566 g/mol. The molecule has 0 N–H and O–H groups in total. The van der Waals surface area contributed by atoms with Crippen LogP contribution in [0.15, 0.2) is 72.8 Å². The van der Waals surface area contributed by atoms with Gasteiger partial charge in [-0.25, -0.2) is 4.98 Å². The van der Waals surface area contributed by atoms with Crippen molar-refractivity contribution < 1.29 is 9.59 Å². The fourth-order valence-electron chi connectivity index (χ4n) is 6.72. The fraction of sp³-hybridized carbons (Fsp3) is 0.457. The summed E-state index contributed by atoms with van der Waals surface area (Å²) < 4.78 is 0. The van der Waals surface area contributed by atoms with Crippen LogP contribution in [-0.4, -0.2) is 101 Å². The summed E-state index contributed by atoms with van der Waals surface area (Å²) >= 11 is 0. The molecule has 1 aromatic heterocycles. The Kier molecular flexibility index (Phi) is 9.26. The van der Waals surface area contributed by atoms with Gasteiger partial charge in [-0.2, -0.15) is 0 Å². The van der Waals surface area contributed by atoms with E-state index in [9.17, 15) is 9.59 Å². The second-order valence-electron chi connectivity index (χ2n) is 12.0. The van der Waals surface area contributed by atoms with Crippen molar-refractivity contribution in [2.75, 3.05) is 58.9 Å². The maximum Gasteiger partial charge on any atom is 0.254 e. The summed E-state index contributed by atoms with van der Waals surface area (Å²) in [5.74, 6) is 0.386. The minimum absolute atomic E-state index is 0.0699. The van der Waals surface area contributed by atoms with E-state index in [2.05, 4.69) is 14.7 Å². The number of hydrogen-bond acceptors (Lipinski definition) is 5. The van der Waals surface area contributed by atoms with Crippen LogP contribution in [0.25, 0.3) is 22.5 Å². The number of pyridine rings is 1. The molecule has 3 aromatic rings. The van der Waals surface area contributed by atoms with Gasteiger partial charge in [0.1, 0.15) is 0 Å². The monoisotopic (exact) mass is 565 g/mol. The molecule has 0 radical (unpaired) electrons. The molecule has 0 aliphatic carbocycles. The highest BCUT2D eigenvalue weighted by atomic mass is 16.2. The Bertz CT molecular complexity index is 1270. The minimum atomic E-state index is 0.0699. The summed E-state index contributed by atoms with van der Waals surface area (Å²) in [6, 6.07) is 24.5. The van der Waals surface area contributed by atoms with Gasteiger partial charge >= 0.3 is 0 Å². The van der Waals surface area contributed by atoms with E-state index in [-0.39, 0.29) is 5.91 Å². The van der Waals surface area contributed by atoms with Crippen LogP contribution in [0.1, 0.15) is 48.9 Å². The van der Waals surface area contributed by atoms with Gasteiger partial charge in [-0.1, -0.05) is 67.1 Å². The van der Waals surface area contributed by atoms with Gasteiger partial charge < -0.3 is 14.7 Å². The van der Waals surface area contributed by atoms with Gasteiger partial charge in [-0.3, -0.25) is 14.5 Å². The number of aromatic nitrogens is 1. The summed E-state index contributed by atoms with van der Waals surface area (Å²) in [6.07, 6.45) is 6.56. The SMILES string of the molecule is O=C(CCN1CCCCC1)N1CCC(N2CCN(C(=O)c3cc(-c4ccccc4)nc(-c4ccccc4)c3)CC2)CC1. The fourth-order valence-corrected chi connectivity index (χ4v) is 6.72. The Morgan fingerprint density at radius 2 is 1.24 bits per heavy atom. The Morgan fingerprint density at radius 3 is 1.81 bits per heavy atom. The third kappa shape index (κ3) is 6.90. The van der Waals surface area contributed by atoms with Crippen molar-refractivity contribution in [3.05, 3.63) is 78.4 Å². The second kappa shape index (κ2) is 13.6. The van der Waals surface area contributed by atoms with E-state index in [1.165, 1.54) is 19.3 Å². The van der Waals surface area contributed by atoms with E-state index in [4.69, 9.17) is 4.98 Å². The van der Waals surface area contributed by atoms with E-state index in [1.807, 2.05) is 77.7 Å². The minimum Gasteiger partial charge on any atom is -0.343 e. The van der Waals surface area contributed by atoms with Crippen molar-refractivity contribution >= 4 is 11.8 Å². The Hall–Kier alpha value is -3.55. The quantitative estimate of drug-likeness (QED) is 0.402.